The zero-order valence-electron chi connectivity index (χ0n) is 11.4. The minimum atomic E-state index is 0.0540. The first-order valence-electron chi connectivity index (χ1n) is 6.23. The van der Waals surface area contributed by atoms with Crippen molar-refractivity contribution in [1.82, 2.24) is 4.98 Å². The fourth-order valence-corrected chi connectivity index (χ4v) is 3.10. The molecule has 0 radical (unpaired) electrons. The molecule has 0 aliphatic rings. The standard InChI is InChI=1S/C15H20N2S/c1-9-5-6-13(7-10(9)2)8-14(16)15-11(3)17-12(4)18-15/h5-7,14H,8,16H2,1-4H3. The monoisotopic (exact) mass is 260 g/mol. The van der Waals surface area contributed by atoms with Crippen LogP contribution < -0.4 is 5.73 Å². The van der Waals surface area contributed by atoms with Gasteiger partial charge in [-0.15, -0.1) is 11.3 Å². The lowest BCUT2D eigenvalue weighted by Gasteiger charge is -2.11. The molecule has 0 fully saturated rings. The van der Waals surface area contributed by atoms with Crippen LogP contribution in [0.4, 0.5) is 0 Å². The molecule has 1 heterocycles. The topological polar surface area (TPSA) is 38.9 Å². The zero-order valence-corrected chi connectivity index (χ0v) is 12.3. The first kappa shape index (κ1) is 13.2. The number of aryl methyl sites for hydroxylation is 4. The Morgan fingerprint density at radius 2 is 1.89 bits per heavy atom. The lowest BCUT2D eigenvalue weighted by Crippen LogP contribution is -2.13. The molecule has 2 N–H and O–H groups in total. The van der Waals surface area contributed by atoms with E-state index in [1.165, 1.54) is 21.6 Å². The van der Waals surface area contributed by atoms with Gasteiger partial charge >= 0.3 is 0 Å². The minimum Gasteiger partial charge on any atom is -0.323 e. The Hall–Kier alpha value is -1.19. The third-order valence-corrected chi connectivity index (χ3v) is 4.51. The van der Waals surface area contributed by atoms with Gasteiger partial charge in [0, 0.05) is 10.9 Å². The van der Waals surface area contributed by atoms with Crippen LogP contribution in [0.15, 0.2) is 18.2 Å². The highest BCUT2D eigenvalue weighted by atomic mass is 32.1. The minimum absolute atomic E-state index is 0.0540. The van der Waals surface area contributed by atoms with E-state index in [1.54, 1.807) is 11.3 Å². The van der Waals surface area contributed by atoms with Crippen molar-refractivity contribution in [3.05, 3.63) is 50.5 Å². The Balaban J connectivity index is 2.18. The van der Waals surface area contributed by atoms with Crippen molar-refractivity contribution in [3.8, 4) is 0 Å². The highest BCUT2D eigenvalue weighted by molar-refractivity contribution is 7.11. The number of nitrogens with two attached hydrogens (primary N) is 1. The normalized spacial score (nSPS) is 12.7. The predicted octanol–water partition coefficient (Wildman–Crippen LogP) is 3.62. The molecule has 0 amide bonds. The van der Waals surface area contributed by atoms with Crippen molar-refractivity contribution in [2.75, 3.05) is 0 Å². The van der Waals surface area contributed by atoms with Crippen LogP contribution in [-0.2, 0) is 6.42 Å². The summed E-state index contributed by atoms with van der Waals surface area (Å²) in [7, 11) is 0. The number of thiazole rings is 1. The van der Waals surface area contributed by atoms with Crippen LogP contribution in [0, 0.1) is 27.7 Å². The summed E-state index contributed by atoms with van der Waals surface area (Å²) in [5, 5.41) is 1.10. The van der Waals surface area contributed by atoms with Gasteiger partial charge in [0.1, 0.15) is 0 Å². The number of nitrogens with zero attached hydrogens (tertiary/aromatic N) is 1. The lowest BCUT2D eigenvalue weighted by atomic mass is 10.0. The van der Waals surface area contributed by atoms with Gasteiger partial charge in [0.05, 0.1) is 10.7 Å². The fourth-order valence-electron chi connectivity index (χ4n) is 2.17. The molecule has 2 rings (SSSR count). The summed E-state index contributed by atoms with van der Waals surface area (Å²) in [5.41, 5.74) is 11.3. The Labute approximate surface area is 113 Å². The molecule has 1 aromatic carbocycles. The molecule has 3 heteroatoms. The van der Waals surface area contributed by atoms with E-state index in [2.05, 4.69) is 37.0 Å². The number of hydrogen-bond donors (Lipinski definition) is 1. The van der Waals surface area contributed by atoms with Crippen LogP contribution >= 0.6 is 11.3 Å². The molecular weight excluding hydrogens is 240 g/mol. The van der Waals surface area contributed by atoms with E-state index >= 15 is 0 Å². The van der Waals surface area contributed by atoms with E-state index < -0.39 is 0 Å². The summed E-state index contributed by atoms with van der Waals surface area (Å²) < 4.78 is 0. The lowest BCUT2D eigenvalue weighted by molar-refractivity contribution is 0.728. The van der Waals surface area contributed by atoms with E-state index in [9.17, 15) is 0 Å². The zero-order chi connectivity index (χ0) is 13.3. The van der Waals surface area contributed by atoms with Gasteiger partial charge in [-0.3, -0.25) is 0 Å². The molecule has 0 saturated heterocycles. The highest BCUT2D eigenvalue weighted by Gasteiger charge is 2.14. The summed E-state index contributed by atoms with van der Waals surface area (Å²) in [6.45, 7) is 8.35. The quantitative estimate of drug-likeness (QED) is 0.915. The molecule has 0 bridgehead atoms. The molecule has 18 heavy (non-hydrogen) atoms. The van der Waals surface area contributed by atoms with Crippen molar-refractivity contribution in [3.63, 3.8) is 0 Å². The van der Waals surface area contributed by atoms with Crippen molar-refractivity contribution in [1.29, 1.82) is 0 Å². The SMILES string of the molecule is Cc1nc(C)c(C(N)Cc2ccc(C)c(C)c2)s1. The Bertz CT molecular complexity index is 558. The van der Waals surface area contributed by atoms with Gasteiger partial charge in [0.2, 0.25) is 0 Å². The van der Waals surface area contributed by atoms with Gasteiger partial charge < -0.3 is 5.73 Å². The van der Waals surface area contributed by atoms with E-state index in [-0.39, 0.29) is 6.04 Å². The summed E-state index contributed by atoms with van der Waals surface area (Å²) in [4.78, 5) is 5.66. The number of hydrogen-bond acceptors (Lipinski definition) is 3. The maximum atomic E-state index is 6.30. The average molecular weight is 260 g/mol. The maximum absolute atomic E-state index is 6.30. The van der Waals surface area contributed by atoms with Crippen LogP contribution in [0.25, 0.3) is 0 Å². The van der Waals surface area contributed by atoms with Gasteiger partial charge in [-0.25, -0.2) is 4.98 Å². The van der Waals surface area contributed by atoms with Crippen molar-refractivity contribution in [2.45, 2.75) is 40.2 Å². The molecule has 1 atom stereocenters. The summed E-state index contributed by atoms with van der Waals surface area (Å²) in [5.74, 6) is 0. The second-order valence-electron chi connectivity index (χ2n) is 4.91. The van der Waals surface area contributed by atoms with E-state index in [1.807, 2.05) is 13.8 Å². The number of rotatable bonds is 3. The fraction of sp³-hybridized carbons (Fsp3) is 0.400. The van der Waals surface area contributed by atoms with Crippen molar-refractivity contribution in [2.24, 2.45) is 5.73 Å². The van der Waals surface area contributed by atoms with Crippen molar-refractivity contribution < 1.29 is 0 Å². The molecular formula is C15H20N2S. The molecule has 1 aromatic heterocycles. The van der Waals surface area contributed by atoms with Gasteiger partial charge in [0.15, 0.2) is 0 Å². The molecule has 0 aliphatic heterocycles. The Morgan fingerprint density at radius 3 is 2.44 bits per heavy atom. The second-order valence-corrected chi connectivity index (χ2v) is 6.15. The van der Waals surface area contributed by atoms with E-state index in [4.69, 9.17) is 5.73 Å². The third-order valence-electron chi connectivity index (χ3n) is 3.30. The van der Waals surface area contributed by atoms with E-state index in [0.29, 0.717) is 0 Å². The average Bonchev–Trinajstić information content (AvgIpc) is 2.63. The number of aromatic nitrogens is 1. The molecule has 96 valence electrons. The summed E-state index contributed by atoms with van der Waals surface area (Å²) in [6, 6.07) is 6.63. The highest BCUT2D eigenvalue weighted by Crippen LogP contribution is 2.26. The van der Waals surface area contributed by atoms with Gasteiger partial charge in [-0.05, 0) is 50.8 Å². The molecule has 0 aliphatic carbocycles. The molecule has 0 spiro atoms. The van der Waals surface area contributed by atoms with E-state index in [0.717, 1.165) is 17.1 Å². The van der Waals surface area contributed by atoms with Crippen molar-refractivity contribution >= 4 is 11.3 Å². The first-order valence-corrected chi connectivity index (χ1v) is 7.04. The molecule has 0 saturated carbocycles. The van der Waals surface area contributed by atoms with Gasteiger partial charge in [-0.2, -0.15) is 0 Å². The van der Waals surface area contributed by atoms with Crippen LogP contribution in [-0.4, -0.2) is 4.98 Å². The molecule has 1 unspecified atom stereocenters. The van der Waals surface area contributed by atoms with Crippen LogP contribution in [0.2, 0.25) is 0 Å². The third kappa shape index (κ3) is 2.79. The van der Waals surface area contributed by atoms with Crippen LogP contribution in [0.1, 0.15) is 38.3 Å². The largest absolute Gasteiger partial charge is 0.323 e. The van der Waals surface area contributed by atoms with Crippen LogP contribution in [0.3, 0.4) is 0 Å². The van der Waals surface area contributed by atoms with Gasteiger partial charge in [-0.1, -0.05) is 18.2 Å². The summed E-state index contributed by atoms with van der Waals surface area (Å²) in [6.07, 6.45) is 0.879. The Morgan fingerprint density at radius 1 is 1.17 bits per heavy atom. The first-order chi connectivity index (χ1) is 8.47. The smallest absolute Gasteiger partial charge is 0.0900 e. The second kappa shape index (κ2) is 5.21. The molecule has 2 aromatic rings. The molecule has 2 nitrogen and oxygen atoms in total. The van der Waals surface area contributed by atoms with Crippen LogP contribution in [0.5, 0.6) is 0 Å². The Kier molecular flexibility index (Phi) is 3.83. The predicted molar refractivity (Wildman–Crippen MR) is 78.1 cm³/mol. The number of benzene rings is 1. The summed E-state index contributed by atoms with van der Waals surface area (Å²) >= 11 is 1.71. The van der Waals surface area contributed by atoms with Gasteiger partial charge in [0.25, 0.3) is 0 Å². The maximum Gasteiger partial charge on any atom is 0.0900 e.